The maximum atomic E-state index is 12.8. The lowest BCUT2D eigenvalue weighted by Crippen LogP contribution is -2.05. The number of benzene rings is 3. The van der Waals surface area contributed by atoms with Crippen LogP contribution in [0.15, 0.2) is 83.8 Å². The summed E-state index contributed by atoms with van der Waals surface area (Å²) in [7, 11) is 1.61. The van der Waals surface area contributed by atoms with Crippen LogP contribution in [0.4, 0.5) is 0 Å². The van der Waals surface area contributed by atoms with Crippen LogP contribution in [-0.2, 0) is 0 Å². The second-order valence-electron chi connectivity index (χ2n) is 5.83. The first kappa shape index (κ1) is 18.6. The minimum absolute atomic E-state index is 0.0178. The summed E-state index contributed by atoms with van der Waals surface area (Å²) in [5.41, 5.74) is 1.78. The Morgan fingerprint density at radius 3 is 2.23 bits per heavy atom. The van der Waals surface area contributed by atoms with Gasteiger partial charge in [-0.05, 0) is 54.1 Å². The normalized spacial score (nSPS) is 11.8. The van der Waals surface area contributed by atoms with E-state index in [1.54, 1.807) is 18.9 Å². The molecule has 3 rings (SSSR count). The van der Waals surface area contributed by atoms with E-state index in [0.29, 0.717) is 17.0 Å². The van der Waals surface area contributed by atoms with E-state index in [-0.39, 0.29) is 11.0 Å². The Morgan fingerprint density at radius 1 is 0.962 bits per heavy atom. The molecule has 4 heteroatoms. The minimum Gasteiger partial charge on any atom is -0.497 e. The van der Waals surface area contributed by atoms with Crippen LogP contribution in [0.2, 0.25) is 5.02 Å². The molecule has 0 bridgehead atoms. The first-order valence-electron chi connectivity index (χ1n) is 8.30. The van der Waals surface area contributed by atoms with Crippen molar-refractivity contribution in [1.29, 1.82) is 0 Å². The zero-order chi connectivity index (χ0) is 18.4. The fourth-order valence-electron chi connectivity index (χ4n) is 2.63. The van der Waals surface area contributed by atoms with Gasteiger partial charge in [0.1, 0.15) is 5.75 Å². The van der Waals surface area contributed by atoms with Crippen LogP contribution in [0.25, 0.3) is 0 Å². The van der Waals surface area contributed by atoms with Crippen molar-refractivity contribution in [3.63, 3.8) is 0 Å². The van der Waals surface area contributed by atoms with E-state index < -0.39 is 0 Å². The summed E-state index contributed by atoms with van der Waals surface area (Å²) in [5.74, 6) is 0.852. The van der Waals surface area contributed by atoms with Crippen molar-refractivity contribution in [3.8, 4) is 5.75 Å². The lowest BCUT2D eigenvalue weighted by Gasteiger charge is -2.17. The van der Waals surface area contributed by atoms with Crippen LogP contribution in [0, 0.1) is 0 Å². The Kier molecular flexibility index (Phi) is 6.37. The Bertz CT molecular complexity index is 846. The largest absolute Gasteiger partial charge is 0.497 e. The van der Waals surface area contributed by atoms with Crippen LogP contribution < -0.4 is 4.74 Å². The van der Waals surface area contributed by atoms with Gasteiger partial charge in [-0.15, -0.1) is 11.8 Å². The molecule has 0 aliphatic rings. The average Bonchev–Trinajstić information content (AvgIpc) is 2.69. The molecular weight excluding hydrogens is 364 g/mol. The molecule has 0 heterocycles. The quantitative estimate of drug-likeness (QED) is 0.346. The van der Waals surface area contributed by atoms with Crippen LogP contribution in [0.5, 0.6) is 5.75 Å². The molecular formula is C22H19ClO2S. The highest BCUT2D eigenvalue weighted by Crippen LogP contribution is 2.39. The summed E-state index contributed by atoms with van der Waals surface area (Å²) in [6.45, 7) is 0. The van der Waals surface area contributed by atoms with E-state index in [4.69, 9.17) is 16.3 Å². The van der Waals surface area contributed by atoms with E-state index in [1.807, 2.05) is 66.7 Å². The lowest BCUT2D eigenvalue weighted by atomic mass is 10.0. The minimum atomic E-state index is 0.0178. The van der Waals surface area contributed by atoms with Gasteiger partial charge in [-0.1, -0.05) is 41.9 Å². The molecule has 0 amide bonds. The Morgan fingerprint density at radius 2 is 1.62 bits per heavy atom. The van der Waals surface area contributed by atoms with E-state index in [2.05, 4.69) is 12.1 Å². The number of ether oxygens (including phenoxy) is 1. The zero-order valence-corrected chi connectivity index (χ0v) is 16.0. The number of thioether (sulfide) groups is 1. The third-order valence-electron chi connectivity index (χ3n) is 4.05. The van der Waals surface area contributed by atoms with Crippen LogP contribution in [0.1, 0.15) is 27.6 Å². The molecule has 0 fully saturated rings. The molecule has 2 nitrogen and oxygen atoms in total. The molecule has 0 N–H and O–H groups in total. The first-order chi connectivity index (χ1) is 12.7. The van der Waals surface area contributed by atoms with Gasteiger partial charge in [-0.25, -0.2) is 0 Å². The van der Waals surface area contributed by atoms with Gasteiger partial charge in [0.05, 0.1) is 7.11 Å². The van der Waals surface area contributed by atoms with Gasteiger partial charge in [0.15, 0.2) is 5.78 Å². The summed E-state index contributed by atoms with van der Waals surface area (Å²) < 4.78 is 5.16. The van der Waals surface area contributed by atoms with Gasteiger partial charge in [0, 0.05) is 27.2 Å². The molecule has 0 spiro atoms. The smallest absolute Gasteiger partial charge is 0.164 e. The average molecular weight is 383 g/mol. The van der Waals surface area contributed by atoms with Crippen molar-refractivity contribution < 1.29 is 9.53 Å². The van der Waals surface area contributed by atoms with Crippen molar-refractivity contribution in [2.24, 2.45) is 0 Å². The van der Waals surface area contributed by atoms with E-state index in [9.17, 15) is 4.79 Å². The molecule has 26 heavy (non-hydrogen) atoms. The second kappa shape index (κ2) is 8.93. The molecule has 0 saturated carbocycles. The highest BCUT2D eigenvalue weighted by molar-refractivity contribution is 7.99. The predicted molar refractivity (Wildman–Crippen MR) is 108 cm³/mol. The van der Waals surface area contributed by atoms with Crippen molar-refractivity contribution in [1.82, 2.24) is 0 Å². The van der Waals surface area contributed by atoms with E-state index >= 15 is 0 Å². The Labute approximate surface area is 163 Å². The van der Waals surface area contributed by atoms with Gasteiger partial charge in [0.25, 0.3) is 0 Å². The van der Waals surface area contributed by atoms with Gasteiger partial charge >= 0.3 is 0 Å². The molecule has 0 radical (unpaired) electrons. The van der Waals surface area contributed by atoms with E-state index in [0.717, 1.165) is 16.2 Å². The number of carbonyl (C=O) groups is 1. The molecule has 1 atom stereocenters. The maximum absolute atomic E-state index is 12.8. The second-order valence-corrected chi connectivity index (χ2v) is 7.54. The molecule has 0 aliphatic carbocycles. The fourth-order valence-corrected chi connectivity index (χ4v) is 3.93. The lowest BCUT2D eigenvalue weighted by molar-refractivity contribution is 0.0982. The fraction of sp³-hybridized carbons (Fsp3) is 0.136. The number of methoxy groups -OCH3 is 1. The molecule has 0 aromatic heterocycles. The van der Waals surface area contributed by atoms with Gasteiger partial charge in [-0.3, -0.25) is 4.79 Å². The SMILES string of the molecule is COc1ccc(C(=O)CC(Sc2ccccc2)c2ccc(Cl)cc2)cc1. The number of ketones is 1. The number of rotatable bonds is 7. The zero-order valence-electron chi connectivity index (χ0n) is 14.4. The van der Waals surface area contributed by atoms with Crippen LogP contribution in [-0.4, -0.2) is 12.9 Å². The van der Waals surface area contributed by atoms with Crippen LogP contribution >= 0.6 is 23.4 Å². The monoisotopic (exact) mass is 382 g/mol. The molecule has 1 unspecified atom stereocenters. The highest BCUT2D eigenvalue weighted by Gasteiger charge is 2.19. The van der Waals surface area contributed by atoms with Gasteiger partial charge in [-0.2, -0.15) is 0 Å². The topological polar surface area (TPSA) is 26.3 Å². The maximum Gasteiger partial charge on any atom is 0.164 e. The highest BCUT2D eigenvalue weighted by atomic mass is 35.5. The third-order valence-corrected chi connectivity index (χ3v) is 5.57. The molecule has 3 aromatic rings. The standard InChI is InChI=1S/C22H19ClO2S/c1-25-19-13-9-16(10-14-19)21(24)15-22(17-7-11-18(23)12-8-17)26-20-5-3-2-4-6-20/h2-14,22H,15H2,1H3. The Hall–Kier alpha value is -2.23. The van der Waals surface area contributed by atoms with Crippen molar-refractivity contribution >= 4 is 29.1 Å². The number of hydrogen-bond acceptors (Lipinski definition) is 3. The first-order valence-corrected chi connectivity index (χ1v) is 9.56. The molecule has 132 valence electrons. The summed E-state index contributed by atoms with van der Waals surface area (Å²) >= 11 is 7.71. The number of carbonyl (C=O) groups excluding carboxylic acids is 1. The third kappa shape index (κ3) is 4.90. The van der Waals surface area contributed by atoms with Crippen molar-refractivity contribution in [2.45, 2.75) is 16.6 Å². The molecule has 0 saturated heterocycles. The van der Waals surface area contributed by atoms with Gasteiger partial charge in [0.2, 0.25) is 0 Å². The molecule has 3 aromatic carbocycles. The van der Waals surface area contributed by atoms with Crippen LogP contribution in [0.3, 0.4) is 0 Å². The van der Waals surface area contributed by atoms with Crippen molar-refractivity contribution in [2.75, 3.05) is 7.11 Å². The van der Waals surface area contributed by atoms with Gasteiger partial charge < -0.3 is 4.74 Å². The number of hydrogen-bond donors (Lipinski definition) is 0. The van der Waals surface area contributed by atoms with Crippen molar-refractivity contribution in [3.05, 3.63) is 95.0 Å². The summed E-state index contributed by atoms with van der Waals surface area (Å²) in [6, 6.07) is 25.1. The van der Waals surface area contributed by atoms with E-state index in [1.165, 1.54) is 0 Å². The Balaban J connectivity index is 1.82. The number of Topliss-reactive ketones (excluding diaryl/α,β-unsaturated/α-hetero) is 1. The predicted octanol–water partition coefficient (Wildman–Crippen LogP) is 6.46. The summed E-state index contributed by atoms with van der Waals surface area (Å²) in [4.78, 5) is 13.9. The summed E-state index contributed by atoms with van der Waals surface area (Å²) in [6.07, 6.45) is 0.410. The molecule has 0 aliphatic heterocycles. The number of halogens is 1. The summed E-state index contributed by atoms with van der Waals surface area (Å²) in [5, 5.41) is 0.711.